The van der Waals surface area contributed by atoms with Crippen LogP contribution >= 0.6 is 12.4 Å². The Hall–Kier alpha value is -0.640. The summed E-state index contributed by atoms with van der Waals surface area (Å²) in [5.41, 5.74) is 0.505. The maximum absolute atomic E-state index is 13.0. The average molecular weight is 298 g/mol. The van der Waals surface area contributed by atoms with Crippen LogP contribution in [0.4, 0.5) is 4.39 Å². The minimum Gasteiger partial charge on any atom is -0.376 e. The zero-order valence-corrected chi connectivity index (χ0v) is 12.3. The van der Waals surface area contributed by atoms with E-state index in [1.165, 1.54) is 31.4 Å². The van der Waals surface area contributed by atoms with Gasteiger partial charge in [0.15, 0.2) is 0 Å². The Morgan fingerprint density at radius 1 is 1.10 bits per heavy atom. The molecule has 0 spiro atoms. The molecule has 2 atom stereocenters. The number of hydrogen-bond acceptors (Lipinski definition) is 2. The molecule has 2 aliphatic heterocycles. The van der Waals surface area contributed by atoms with Crippen molar-refractivity contribution in [3.63, 3.8) is 0 Å². The van der Waals surface area contributed by atoms with Crippen LogP contribution in [0.25, 0.3) is 0 Å². The fraction of sp³-hybridized carbons (Fsp3) is 0.625. The Morgan fingerprint density at radius 3 is 2.25 bits per heavy atom. The van der Waals surface area contributed by atoms with Crippen LogP contribution in [-0.4, -0.2) is 21.8 Å². The van der Waals surface area contributed by atoms with Gasteiger partial charge >= 0.3 is 0 Å². The van der Waals surface area contributed by atoms with Crippen LogP contribution in [0.3, 0.4) is 0 Å². The second-order valence-corrected chi connectivity index (χ2v) is 6.74. The molecule has 2 unspecified atom stereocenters. The van der Waals surface area contributed by atoms with Gasteiger partial charge in [-0.1, -0.05) is 12.1 Å². The van der Waals surface area contributed by atoms with Crippen LogP contribution in [0.2, 0.25) is 0 Å². The van der Waals surface area contributed by atoms with Crippen molar-refractivity contribution in [2.24, 2.45) is 11.8 Å². The largest absolute Gasteiger partial charge is 0.376 e. The van der Waals surface area contributed by atoms with Gasteiger partial charge in [-0.2, -0.15) is 0 Å². The van der Waals surface area contributed by atoms with E-state index in [2.05, 4.69) is 4.90 Å². The fourth-order valence-corrected chi connectivity index (χ4v) is 4.76. The van der Waals surface area contributed by atoms with E-state index in [4.69, 9.17) is 0 Å². The van der Waals surface area contributed by atoms with E-state index in [9.17, 15) is 9.50 Å². The summed E-state index contributed by atoms with van der Waals surface area (Å²) < 4.78 is 13.0. The predicted molar refractivity (Wildman–Crippen MR) is 78.0 cm³/mol. The lowest BCUT2D eigenvalue weighted by molar-refractivity contribution is -0.236. The molecule has 0 amide bonds. The molecule has 2 saturated carbocycles. The first-order chi connectivity index (χ1) is 9.12. The van der Waals surface area contributed by atoms with Crippen LogP contribution in [0.15, 0.2) is 24.3 Å². The topological polar surface area (TPSA) is 23.5 Å². The maximum atomic E-state index is 13.0. The minimum atomic E-state index is -0.594. The van der Waals surface area contributed by atoms with Gasteiger partial charge in [0.25, 0.3) is 0 Å². The highest BCUT2D eigenvalue weighted by Crippen LogP contribution is 2.53. The van der Waals surface area contributed by atoms with Gasteiger partial charge in [-0.25, -0.2) is 4.39 Å². The van der Waals surface area contributed by atoms with E-state index in [-0.39, 0.29) is 18.2 Å². The van der Waals surface area contributed by atoms with E-state index in [0.29, 0.717) is 6.04 Å². The van der Waals surface area contributed by atoms with E-state index < -0.39 is 5.72 Å². The lowest BCUT2D eigenvalue weighted by Crippen LogP contribution is -2.65. The van der Waals surface area contributed by atoms with Crippen molar-refractivity contribution in [3.8, 4) is 0 Å². The van der Waals surface area contributed by atoms with Crippen molar-refractivity contribution in [2.75, 3.05) is 0 Å². The van der Waals surface area contributed by atoms with Crippen LogP contribution in [-0.2, 0) is 6.54 Å². The van der Waals surface area contributed by atoms with Crippen molar-refractivity contribution in [3.05, 3.63) is 35.6 Å². The van der Waals surface area contributed by atoms with E-state index in [1.54, 1.807) is 0 Å². The summed E-state index contributed by atoms with van der Waals surface area (Å²) in [4.78, 5) is 2.28. The lowest BCUT2D eigenvalue weighted by atomic mass is 9.62. The van der Waals surface area contributed by atoms with Crippen LogP contribution in [0.5, 0.6) is 0 Å². The molecular weight excluding hydrogens is 277 g/mol. The Kier molecular flexibility index (Phi) is 3.56. The SMILES string of the molecule is Cl.OC12CC3CC(CC(C3)N1Cc1ccc(F)cc1)C2. The van der Waals surface area contributed by atoms with Gasteiger partial charge in [0.05, 0.1) is 0 Å². The normalized spacial score (nSPS) is 38.8. The second kappa shape index (κ2) is 4.97. The molecule has 4 fully saturated rings. The first-order valence-corrected chi connectivity index (χ1v) is 7.36. The number of nitrogens with zero attached hydrogens (tertiary/aromatic N) is 1. The molecule has 1 N–H and O–H groups in total. The van der Waals surface area contributed by atoms with Crippen molar-refractivity contribution in [1.82, 2.24) is 4.90 Å². The van der Waals surface area contributed by atoms with E-state index in [1.807, 2.05) is 12.1 Å². The van der Waals surface area contributed by atoms with Gasteiger partial charge in [0.2, 0.25) is 0 Å². The molecule has 2 heterocycles. The molecule has 20 heavy (non-hydrogen) atoms. The number of hydrogen-bond donors (Lipinski definition) is 1. The number of rotatable bonds is 2. The molecule has 110 valence electrons. The summed E-state index contributed by atoms with van der Waals surface area (Å²) in [6.45, 7) is 0.751. The van der Waals surface area contributed by atoms with E-state index in [0.717, 1.165) is 36.8 Å². The summed E-state index contributed by atoms with van der Waals surface area (Å²) >= 11 is 0. The van der Waals surface area contributed by atoms with Crippen molar-refractivity contribution < 1.29 is 9.50 Å². The van der Waals surface area contributed by atoms with Crippen LogP contribution in [0, 0.1) is 17.7 Å². The number of aliphatic hydroxyl groups is 1. The molecule has 5 rings (SSSR count). The molecule has 2 aliphatic carbocycles. The Bertz CT molecular complexity index is 478. The molecular formula is C16H21ClFNO. The first-order valence-electron chi connectivity index (χ1n) is 7.36. The van der Waals surface area contributed by atoms with Crippen LogP contribution in [0.1, 0.15) is 37.7 Å². The van der Waals surface area contributed by atoms with Gasteiger partial charge in [-0.15, -0.1) is 12.4 Å². The Labute approximate surface area is 125 Å². The maximum Gasteiger partial charge on any atom is 0.123 e. The molecule has 1 aromatic carbocycles. The molecule has 2 saturated heterocycles. The average Bonchev–Trinajstić information content (AvgIpc) is 2.35. The third-order valence-electron chi connectivity index (χ3n) is 5.35. The zero-order valence-electron chi connectivity index (χ0n) is 11.5. The second-order valence-electron chi connectivity index (χ2n) is 6.74. The highest BCUT2D eigenvalue weighted by molar-refractivity contribution is 5.85. The van der Waals surface area contributed by atoms with Gasteiger partial charge in [0, 0.05) is 12.6 Å². The summed E-state index contributed by atoms with van der Waals surface area (Å²) in [6.07, 6.45) is 5.66. The summed E-state index contributed by atoms with van der Waals surface area (Å²) in [5.74, 6) is 1.27. The summed E-state index contributed by atoms with van der Waals surface area (Å²) in [5, 5.41) is 10.9. The third kappa shape index (κ3) is 2.26. The fourth-order valence-electron chi connectivity index (χ4n) is 4.76. The van der Waals surface area contributed by atoms with Crippen molar-refractivity contribution in [2.45, 2.75) is 50.4 Å². The first kappa shape index (κ1) is 14.3. The van der Waals surface area contributed by atoms with Crippen LogP contribution < -0.4 is 0 Å². The number of piperidine rings is 2. The van der Waals surface area contributed by atoms with Gasteiger partial charge < -0.3 is 5.11 Å². The minimum absolute atomic E-state index is 0. The highest BCUT2D eigenvalue weighted by Gasteiger charge is 2.54. The monoisotopic (exact) mass is 297 g/mol. The Balaban J connectivity index is 0.00000121. The predicted octanol–water partition coefficient (Wildman–Crippen LogP) is 3.33. The standard InChI is InChI=1S/C16H20FNO.ClH/c17-14-3-1-11(2-4-14)10-18-15-6-12-5-13(7-15)9-16(18,19)8-12;/h1-4,12-13,15,19H,5-10H2;1H. The van der Waals surface area contributed by atoms with Gasteiger partial charge in [0.1, 0.15) is 11.5 Å². The smallest absolute Gasteiger partial charge is 0.123 e. The molecule has 4 aliphatic rings. The summed E-state index contributed by atoms with van der Waals surface area (Å²) in [7, 11) is 0. The van der Waals surface area contributed by atoms with Crippen molar-refractivity contribution in [1.29, 1.82) is 0 Å². The lowest BCUT2D eigenvalue weighted by Gasteiger charge is -2.61. The van der Waals surface area contributed by atoms with Crippen molar-refractivity contribution >= 4 is 12.4 Å². The highest BCUT2D eigenvalue weighted by atomic mass is 35.5. The molecule has 2 nitrogen and oxygen atoms in total. The molecule has 4 heteroatoms. The number of halogens is 2. The zero-order chi connectivity index (χ0) is 13.0. The molecule has 4 bridgehead atoms. The van der Waals surface area contributed by atoms with Gasteiger partial charge in [-0.3, -0.25) is 4.90 Å². The molecule has 0 radical (unpaired) electrons. The molecule has 0 aromatic heterocycles. The Morgan fingerprint density at radius 2 is 1.70 bits per heavy atom. The quantitative estimate of drug-likeness (QED) is 0.905. The molecule has 1 aromatic rings. The number of benzene rings is 1. The van der Waals surface area contributed by atoms with E-state index >= 15 is 0 Å². The third-order valence-corrected chi connectivity index (χ3v) is 5.35. The summed E-state index contributed by atoms with van der Waals surface area (Å²) in [6, 6.07) is 7.22. The van der Waals surface area contributed by atoms with Gasteiger partial charge in [-0.05, 0) is 61.6 Å².